The van der Waals surface area contributed by atoms with Crippen molar-refractivity contribution in [3.05, 3.63) is 28.0 Å². The minimum Gasteiger partial charge on any atom is -0.478 e. The number of thioether (sulfide) groups is 1. The zero-order valence-electron chi connectivity index (χ0n) is 10.1. The fraction of sp³-hybridized carbons (Fsp3) is 0.385. The zero-order chi connectivity index (χ0) is 13.4. The smallest absolute Gasteiger partial charge is 0.338 e. The van der Waals surface area contributed by atoms with Gasteiger partial charge in [0.25, 0.3) is 0 Å². The number of H-pyrrole nitrogens is 1. The van der Waals surface area contributed by atoms with Gasteiger partial charge in [0.15, 0.2) is 0 Å². The van der Waals surface area contributed by atoms with E-state index in [9.17, 15) is 9.90 Å². The summed E-state index contributed by atoms with van der Waals surface area (Å²) in [4.78, 5) is 19.1. The Kier molecular flexibility index (Phi) is 3.54. The normalized spacial score (nSPS) is 19.7. The van der Waals surface area contributed by atoms with Crippen LogP contribution in [0, 0.1) is 0 Å². The standard InChI is InChI=1S/C13H13BrN2O2S/c14-7-5-8(13(17)18)11-9(6-7)15-12(16-11)10-3-1-2-4-19-10/h5-6,10H,1-4H2,(H,15,16)(H,17,18). The third-order valence-corrected chi connectivity index (χ3v) is 5.13. The summed E-state index contributed by atoms with van der Waals surface area (Å²) < 4.78 is 0.754. The molecule has 0 spiro atoms. The van der Waals surface area contributed by atoms with Crippen molar-refractivity contribution in [1.29, 1.82) is 0 Å². The lowest BCUT2D eigenvalue weighted by Crippen LogP contribution is -2.03. The van der Waals surface area contributed by atoms with E-state index in [0.29, 0.717) is 10.8 Å². The van der Waals surface area contributed by atoms with E-state index in [2.05, 4.69) is 25.9 Å². The number of rotatable bonds is 2. The number of nitrogens with zero attached hydrogens (tertiary/aromatic N) is 1. The number of imidazole rings is 1. The Morgan fingerprint density at radius 1 is 1.47 bits per heavy atom. The first-order chi connectivity index (χ1) is 9.15. The number of aromatic amines is 1. The van der Waals surface area contributed by atoms with Gasteiger partial charge in [0.2, 0.25) is 0 Å². The van der Waals surface area contributed by atoms with E-state index in [1.54, 1.807) is 6.07 Å². The van der Waals surface area contributed by atoms with Gasteiger partial charge in [-0.15, -0.1) is 0 Å². The van der Waals surface area contributed by atoms with Crippen LogP contribution in [-0.2, 0) is 0 Å². The first kappa shape index (κ1) is 13.0. The Morgan fingerprint density at radius 3 is 3.00 bits per heavy atom. The average molecular weight is 341 g/mol. The number of carboxylic acids is 1. The number of halogens is 1. The number of aromatic nitrogens is 2. The van der Waals surface area contributed by atoms with E-state index in [1.165, 1.54) is 12.8 Å². The Bertz CT molecular complexity index is 635. The summed E-state index contributed by atoms with van der Waals surface area (Å²) in [6.45, 7) is 0. The molecule has 2 heterocycles. The molecule has 0 saturated carbocycles. The average Bonchev–Trinajstić information content (AvgIpc) is 2.82. The summed E-state index contributed by atoms with van der Waals surface area (Å²) in [6, 6.07) is 3.48. The number of hydrogen-bond acceptors (Lipinski definition) is 3. The second-order valence-corrected chi connectivity index (χ2v) is 6.86. The van der Waals surface area contributed by atoms with E-state index in [0.717, 1.165) is 28.0 Å². The van der Waals surface area contributed by atoms with Crippen molar-refractivity contribution in [2.75, 3.05) is 5.75 Å². The van der Waals surface area contributed by atoms with Crippen LogP contribution < -0.4 is 0 Å². The van der Waals surface area contributed by atoms with Crippen molar-refractivity contribution in [2.24, 2.45) is 0 Å². The van der Waals surface area contributed by atoms with Crippen LogP contribution in [0.2, 0.25) is 0 Å². The van der Waals surface area contributed by atoms with Crippen LogP contribution in [0.3, 0.4) is 0 Å². The molecule has 0 aliphatic carbocycles. The maximum Gasteiger partial charge on any atom is 0.338 e. The van der Waals surface area contributed by atoms with Gasteiger partial charge in [-0.3, -0.25) is 0 Å². The van der Waals surface area contributed by atoms with Crippen LogP contribution in [-0.4, -0.2) is 26.8 Å². The highest BCUT2D eigenvalue weighted by atomic mass is 79.9. The first-order valence-corrected chi connectivity index (χ1v) is 8.03. The number of hydrogen-bond donors (Lipinski definition) is 2. The molecule has 0 radical (unpaired) electrons. The number of carboxylic acid groups (broad SMARTS) is 1. The molecule has 1 saturated heterocycles. The quantitative estimate of drug-likeness (QED) is 0.867. The molecule has 1 unspecified atom stereocenters. The van der Waals surface area contributed by atoms with Crippen molar-refractivity contribution >= 4 is 44.7 Å². The van der Waals surface area contributed by atoms with Gasteiger partial charge < -0.3 is 10.1 Å². The van der Waals surface area contributed by atoms with Crippen LogP contribution in [0.5, 0.6) is 0 Å². The van der Waals surface area contributed by atoms with Crippen molar-refractivity contribution in [3.8, 4) is 0 Å². The lowest BCUT2D eigenvalue weighted by atomic mass is 10.2. The number of benzene rings is 1. The van der Waals surface area contributed by atoms with Gasteiger partial charge in [-0.1, -0.05) is 22.4 Å². The number of nitrogens with one attached hydrogen (secondary N) is 1. The van der Waals surface area contributed by atoms with Gasteiger partial charge in [-0.25, -0.2) is 9.78 Å². The summed E-state index contributed by atoms with van der Waals surface area (Å²) in [5, 5.41) is 9.61. The molecular formula is C13H13BrN2O2S. The summed E-state index contributed by atoms with van der Waals surface area (Å²) in [7, 11) is 0. The zero-order valence-corrected chi connectivity index (χ0v) is 12.6. The van der Waals surface area contributed by atoms with Crippen LogP contribution in [0.1, 0.15) is 40.7 Å². The van der Waals surface area contributed by atoms with Gasteiger partial charge in [0, 0.05) is 4.47 Å². The molecule has 1 fully saturated rings. The van der Waals surface area contributed by atoms with E-state index in [1.807, 2.05) is 17.8 Å². The first-order valence-electron chi connectivity index (χ1n) is 6.19. The van der Waals surface area contributed by atoms with Crippen molar-refractivity contribution < 1.29 is 9.90 Å². The van der Waals surface area contributed by atoms with E-state index in [-0.39, 0.29) is 5.56 Å². The molecule has 2 aromatic rings. The molecule has 0 bridgehead atoms. The van der Waals surface area contributed by atoms with E-state index in [4.69, 9.17) is 0 Å². The Morgan fingerprint density at radius 2 is 2.32 bits per heavy atom. The summed E-state index contributed by atoms with van der Waals surface area (Å²) >= 11 is 5.24. The molecule has 4 nitrogen and oxygen atoms in total. The third-order valence-electron chi connectivity index (χ3n) is 3.28. The van der Waals surface area contributed by atoms with Gasteiger partial charge in [0.1, 0.15) is 11.3 Å². The lowest BCUT2D eigenvalue weighted by Gasteiger charge is -2.18. The largest absolute Gasteiger partial charge is 0.478 e. The SMILES string of the molecule is O=C(O)c1cc(Br)cc2[nH]c(C3CCCCS3)nc12. The van der Waals surface area contributed by atoms with Crippen LogP contribution in [0.15, 0.2) is 16.6 Å². The molecule has 100 valence electrons. The van der Waals surface area contributed by atoms with Crippen molar-refractivity contribution in [3.63, 3.8) is 0 Å². The van der Waals surface area contributed by atoms with Gasteiger partial charge in [-0.2, -0.15) is 11.8 Å². The molecule has 1 atom stereocenters. The number of carbonyl (C=O) groups is 1. The number of aromatic carboxylic acids is 1. The highest BCUT2D eigenvalue weighted by molar-refractivity contribution is 9.10. The Labute approximate surface area is 123 Å². The Balaban J connectivity index is 2.09. The predicted molar refractivity (Wildman–Crippen MR) is 79.8 cm³/mol. The fourth-order valence-electron chi connectivity index (χ4n) is 2.37. The van der Waals surface area contributed by atoms with Crippen LogP contribution in [0.25, 0.3) is 11.0 Å². The highest BCUT2D eigenvalue weighted by Gasteiger charge is 2.21. The fourth-order valence-corrected chi connectivity index (χ4v) is 4.09. The van der Waals surface area contributed by atoms with E-state index < -0.39 is 5.97 Å². The molecule has 1 aliphatic heterocycles. The lowest BCUT2D eigenvalue weighted by molar-refractivity contribution is 0.0699. The summed E-state index contributed by atoms with van der Waals surface area (Å²) in [6.07, 6.45) is 3.57. The number of fused-ring (bicyclic) bond motifs is 1. The van der Waals surface area contributed by atoms with Gasteiger partial charge in [-0.05, 0) is 30.7 Å². The second-order valence-electron chi connectivity index (χ2n) is 4.63. The summed E-state index contributed by atoms with van der Waals surface area (Å²) in [5.74, 6) is 1.11. The monoisotopic (exact) mass is 340 g/mol. The predicted octanol–water partition coefficient (Wildman–Crippen LogP) is 3.98. The van der Waals surface area contributed by atoms with Crippen molar-refractivity contribution in [1.82, 2.24) is 9.97 Å². The highest BCUT2D eigenvalue weighted by Crippen LogP contribution is 2.38. The minimum absolute atomic E-state index is 0.243. The summed E-state index contributed by atoms with van der Waals surface area (Å²) in [5.41, 5.74) is 1.58. The van der Waals surface area contributed by atoms with E-state index >= 15 is 0 Å². The van der Waals surface area contributed by atoms with Crippen LogP contribution >= 0.6 is 27.7 Å². The molecule has 1 aliphatic rings. The molecule has 19 heavy (non-hydrogen) atoms. The maximum atomic E-state index is 11.3. The molecular weight excluding hydrogens is 328 g/mol. The van der Waals surface area contributed by atoms with Gasteiger partial charge >= 0.3 is 5.97 Å². The molecule has 1 aromatic carbocycles. The Hall–Kier alpha value is -1.01. The van der Waals surface area contributed by atoms with Crippen LogP contribution in [0.4, 0.5) is 0 Å². The molecule has 6 heteroatoms. The molecule has 2 N–H and O–H groups in total. The third kappa shape index (κ3) is 2.51. The minimum atomic E-state index is -0.944. The molecule has 0 amide bonds. The van der Waals surface area contributed by atoms with Crippen molar-refractivity contribution in [2.45, 2.75) is 24.5 Å². The van der Waals surface area contributed by atoms with Gasteiger partial charge in [0.05, 0.1) is 16.3 Å². The second kappa shape index (κ2) is 5.17. The molecule has 3 rings (SSSR count). The topological polar surface area (TPSA) is 66.0 Å². The maximum absolute atomic E-state index is 11.3. The molecule has 1 aromatic heterocycles.